The number of amides is 1. The van der Waals surface area contributed by atoms with E-state index in [-0.39, 0.29) is 27.5 Å². The first-order chi connectivity index (χ1) is 18.7. The fourth-order valence-electron chi connectivity index (χ4n) is 4.96. The summed E-state index contributed by atoms with van der Waals surface area (Å²) in [6.45, 7) is 4.57. The molecule has 4 aromatic rings. The van der Waals surface area contributed by atoms with Crippen LogP contribution < -0.4 is 14.4 Å². The number of nitrogens with zero attached hydrogens (tertiary/aromatic N) is 3. The Kier molecular flexibility index (Phi) is 5.80. The van der Waals surface area contributed by atoms with E-state index in [1.165, 1.54) is 40.5 Å². The van der Waals surface area contributed by atoms with E-state index in [1.807, 2.05) is 26.0 Å². The lowest BCUT2D eigenvalue weighted by molar-refractivity contribution is -0.384. The minimum absolute atomic E-state index is 0.204. The standard InChI is InChI=1S/C28H21N3O7S/c1-14-10-15(2)23-21(11-14)39-28(29-23)30-24(16-4-3-5-18(12-16)31(35)36)22(26(33)27(30)34)25(32)17-6-7-19-20(13-17)38-9-8-37-19/h3-7,10-13,24,32H,8-9H2,1-2H3. The summed E-state index contributed by atoms with van der Waals surface area (Å²) in [6, 6.07) is 13.1. The molecule has 1 N–H and O–H groups in total. The van der Waals surface area contributed by atoms with Crippen molar-refractivity contribution in [2.45, 2.75) is 19.9 Å². The van der Waals surface area contributed by atoms with Crippen molar-refractivity contribution < 1.29 is 29.1 Å². The van der Waals surface area contributed by atoms with E-state index in [0.29, 0.717) is 30.2 Å². The molecule has 11 heteroatoms. The molecule has 1 amide bonds. The molecule has 1 aromatic heterocycles. The molecule has 0 bridgehead atoms. The lowest BCUT2D eigenvalue weighted by atomic mass is 9.95. The Balaban J connectivity index is 1.57. The molecule has 0 radical (unpaired) electrons. The van der Waals surface area contributed by atoms with Gasteiger partial charge in [-0.15, -0.1) is 0 Å². The number of rotatable bonds is 4. The van der Waals surface area contributed by atoms with Gasteiger partial charge in [-0.2, -0.15) is 0 Å². The Morgan fingerprint density at radius 2 is 1.85 bits per heavy atom. The molecule has 6 rings (SSSR count). The smallest absolute Gasteiger partial charge is 0.301 e. The van der Waals surface area contributed by atoms with Crippen molar-refractivity contribution >= 4 is 49.8 Å². The zero-order valence-corrected chi connectivity index (χ0v) is 21.7. The van der Waals surface area contributed by atoms with Crippen molar-refractivity contribution in [3.8, 4) is 11.5 Å². The molecule has 39 heavy (non-hydrogen) atoms. The number of aliphatic hydroxyl groups excluding tert-OH is 1. The average Bonchev–Trinajstić information content (AvgIpc) is 3.46. The third kappa shape index (κ3) is 4.07. The molecule has 2 aliphatic heterocycles. The van der Waals surface area contributed by atoms with Crippen LogP contribution in [0.1, 0.15) is 28.3 Å². The highest BCUT2D eigenvalue weighted by molar-refractivity contribution is 7.22. The number of nitro benzene ring substituents is 1. The van der Waals surface area contributed by atoms with Gasteiger partial charge in [-0.25, -0.2) is 4.98 Å². The lowest BCUT2D eigenvalue weighted by Crippen LogP contribution is -2.29. The molecule has 1 unspecified atom stereocenters. The number of fused-ring (bicyclic) bond motifs is 2. The quantitative estimate of drug-likeness (QED) is 0.122. The monoisotopic (exact) mass is 543 g/mol. The Bertz CT molecular complexity index is 1740. The van der Waals surface area contributed by atoms with Crippen molar-refractivity contribution in [2.24, 2.45) is 0 Å². The molecule has 10 nitrogen and oxygen atoms in total. The number of carbonyl (C=O) groups excluding carboxylic acids is 2. The second-order valence-electron chi connectivity index (χ2n) is 9.30. The van der Waals surface area contributed by atoms with Crippen LogP contribution >= 0.6 is 11.3 Å². The average molecular weight is 544 g/mol. The molecule has 0 saturated carbocycles. The Morgan fingerprint density at radius 1 is 1.08 bits per heavy atom. The van der Waals surface area contributed by atoms with E-state index in [0.717, 1.165) is 15.8 Å². The van der Waals surface area contributed by atoms with Crippen LogP contribution in [0.5, 0.6) is 11.5 Å². The molecule has 3 heterocycles. The van der Waals surface area contributed by atoms with Crippen molar-refractivity contribution in [1.82, 2.24) is 4.98 Å². The van der Waals surface area contributed by atoms with Gasteiger partial charge in [0, 0.05) is 17.7 Å². The number of thiazole rings is 1. The number of aliphatic hydroxyl groups is 1. The number of benzene rings is 3. The normalized spacial score (nSPS) is 18.1. The fraction of sp³-hybridized carbons (Fsp3) is 0.179. The summed E-state index contributed by atoms with van der Waals surface area (Å²) in [5, 5.41) is 23.3. The number of ketones is 1. The topological polar surface area (TPSA) is 132 Å². The van der Waals surface area contributed by atoms with Gasteiger partial charge in [-0.1, -0.05) is 29.5 Å². The largest absolute Gasteiger partial charge is 0.507 e. The van der Waals surface area contributed by atoms with Gasteiger partial charge in [0.15, 0.2) is 16.6 Å². The molecular weight excluding hydrogens is 522 g/mol. The van der Waals surface area contributed by atoms with Gasteiger partial charge in [0.1, 0.15) is 19.0 Å². The van der Waals surface area contributed by atoms with E-state index in [4.69, 9.17) is 9.47 Å². The number of non-ortho nitro benzene ring substituents is 1. The van der Waals surface area contributed by atoms with Crippen LogP contribution in [0, 0.1) is 24.0 Å². The summed E-state index contributed by atoms with van der Waals surface area (Å²) in [5.74, 6) is -1.36. The molecule has 196 valence electrons. The molecular formula is C28H21N3O7S. The summed E-state index contributed by atoms with van der Waals surface area (Å²) in [4.78, 5) is 43.9. The fourth-order valence-corrected chi connectivity index (χ4v) is 6.13. The maximum Gasteiger partial charge on any atom is 0.301 e. The number of hydrogen-bond donors (Lipinski definition) is 1. The number of carbonyl (C=O) groups is 2. The van der Waals surface area contributed by atoms with Gasteiger partial charge in [-0.3, -0.25) is 24.6 Å². The number of aromatic nitrogens is 1. The van der Waals surface area contributed by atoms with Gasteiger partial charge in [-0.05, 0) is 54.8 Å². The van der Waals surface area contributed by atoms with Crippen molar-refractivity contribution in [3.05, 3.63) is 92.5 Å². The zero-order chi connectivity index (χ0) is 27.4. The Labute approximate surface area is 225 Å². The highest BCUT2D eigenvalue weighted by atomic mass is 32.1. The van der Waals surface area contributed by atoms with E-state index in [2.05, 4.69) is 4.98 Å². The molecule has 1 saturated heterocycles. The van der Waals surface area contributed by atoms with Crippen molar-refractivity contribution in [2.75, 3.05) is 18.1 Å². The van der Waals surface area contributed by atoms with Gasteiger partial charge in [0.05, 0.1) is 26.8 Å². The van der Waals surface area contributed by atoms with Crippen molar-refractivity contribution in [3.63, 3.8) is 0 Å². The maximum atomic E-state index is 13.5. The molecule has 1 atom stereocenters. The zero-order valence-electron chi connectivity index (χ0n) is 20.8. The second kappa shape index (κ2) is 9.21. The second-order valence-corrected chi connectivity index (χ2v) is 10.3. The van der Waals surface area contributed by atoms with Gasteiger partial charge in [0.2, 0.25) is 0 Å². The summed E-state index contributed by atoms with van der Waals surface area (Å²) in [7, 11) is 0. The lowest BCUT2D eigenvalue weighted by Gasteiger charge is -2.23. The van der Waals surface area contributed by atoms with Crippen LogP contribution in [0.25, 0.3) is 16.0 Å². The summed E-state index contributed by atoms with van der Waals surface area (Å²) < 4.78 is 12.0. The van der Waals surface area contributed by atoms with Crippen molar-refractivity contribution in [1.29, 1.82) is 0 Å². The molecule has 2 aliphatic rings. The predicted molar refractivity (Wildman–Crippen MR) is 144 cm³/mol. The number of nitro groups is 1. The molecule has 0 spiro atoms. The molecule has 1 fully saturated rings. The Hall–Kier alpha value is -4.77. The predicted octanol–water partition coefficient (Wildman–Crippen LogP) is 5.22. The first-order valence-electron chi connectivity index (χ1n) is 12.1. The highest BCUT2D eigenvalue weighted by Gasteiger charge is 2.48. The highest BCUT2D eigenvalue weighted by Crippen LogP contribution is 2.46. The summed E-state index contributed by atoms with van der Waals surface area (Å²) in [6.07, 6.45) is 0. The van der Waals surface area contributed by atoms with Crippen LogP contribution in [0.3, 0.4) is 0 Å². The Morgan fingerprint density at radius 3 is 2.62 bits per heavy atom. The van der Waals surface area contributed by atoms with Crippen LogP contribution in [0.2, 0.25) is 0 Å². The van der Waals surface area contributed by atoms with E-state index >= 15 is 0 Å². The number of ether oxygens (including phenoxy) is 2. The van der Waals surface area contributed by atoms with E-state index in [9.17, 15) is 24.8 Å². The number of hydrogen-bond acceptors (Lipinski definition) is 9. The molecule has 0 aliphatic carbocycles. The first-order valence-corrected chi connectivity index (χ1v) is 12.9. The first kappa shape index (κ1) is 24.6. The van der Waals surface area contributed by atoms with Crippen LogP contribution in [0.15, 0.2) is 60.2 Å². The minimum atomic E-state index is -1.15. The van der Waals surface area contributed by atoms with Crippen LogP contribution in [0.4, 0.5) is 10.8 Å². The SMILES string of the molecule is Cc1cc(C)c2nc(N3C(=O)C(=O)C(=C(O)c4ccc5c(c4)OCCO5)C3c3cccc([N+](=O)[O-])c3)sc2c1. The summed E-state index contributed by atoms with van der Waals surface area (Å²) in [5.41, 5.74) is 2.72. The van der Waals surface area contributed by atoms with Gasteiger partial charge in [0.25, 0.3) is 11.5 Å². The number of aryl methyl sites for hydroxylation is 2. The van der Waals surface area contributed by atoms with Crippen LogP contribution in [-0.2, 0) is 9.59 Å². The van der Waals surface area contributed by atoms with Gasteiger partial charge >= 0.3 is 5.91 Å². The van der Waals surface area contributed by atoms with Crippen LogP contribution in [-0.4, -0.2) is 39.9 Å². The third-order valence-electron chi connectivity index (χ3n) is 6.68. The summed E-state index contributed by atoms with van der Waals surface area (Å²) >= 11 is 1.23. The number of anilines is 1. The number of Topliss-reactive ketones (excluding diaryl/α,β-unsaturated/α-hetero) is 1. The van der Waals surface area contributed by atoms with Gasteiger partial charge < -0.3 is 14.6 Å². The van der Waals surface area contributed by atoms with E-state index < -0.39 is 28.4 Å². The maximum absolute atomic E-state index is 13.5. The third-order valence-corrected chi connectivity index (χ3v) is 7.68. The van der Waals surface area contributed by atoms with E-state index in [1.54, 1.807) is 18.2 Å². The molecule has 3 aromatic carbocycles. The minimum Gasteiger partial charge on any atom is -0.507 e.